The summed E-state index contributed by atoms with van der Waals surface area (Å²) in [6, 6.07) is -0.809. The monoisotopic (exact) mass is 401 g/mol. The van der Waals surface area contributed by atoms with Crippen molar-refractivity contribution in [3.8, 4) is 0 Å². The zero-order chi connectivity index (χ0) is 21.7. The molecule has 1 unspecified atom stereocenters. The van der Waals surface area contributed by atoms with Crippen LogP contribution in [0.25, 0.3) is 0 Å². The molecular formula is C25H39NO3. The molecule has 0 aliphatic carbocycles. The molecule has 1 amide bonds. The van der Waals surface area contributed by atoms with E-state index in [1.807, 2.05) is 0 Å². The molecule has 0 spiro atoms. The first kappa shape index (κ1) is 26.6. The third-order valence-corrected chi connectivity index (χ3v) is 4.18. The molecule has 0 aliphatic rings. The smallest absolute Gasteiger partial charge is 0.326 e. The second-order valence-electron chi connectivity index (χ2n) is 7.23. The van der Waals surface area contributed by atoms with Gasteiger partial charge < -0.3 is 10.4 Å². The molecule has 0 aliphatic heterocycles. The number of carbonyl (C=O) groups excluding carboxylic acids is 1. The quantitative estimate of drug-likeness (QED) is 0.241. The van der Waals surface area contributed by atoms with E-state index < -0.39 is 12.0 Å². The minimum absolute atomic E-state index is 0.123. The third-order valence-electron chi connectivity index (χ3n) is 4.18. The van der Waals surface area contributed by atoms with Crippen LogP contribution in [0.15, 0.2) is 60.8 Å². The van der Waals surface area contributed by atoms with Crippen LogP contribution in [0.5, 0.6) is 0 Å². The van der Waals surface area contributed by atoms with Crippen molar-refractivity contribution in [3.05, 3.63) is 60.8 Å². The van der Waals surface area contributed by atoms with Crippen molar-refractivity contribution in [2.75, 3.05) is 0 Å². The number of carboxylic acids is 1. The minimum Gasteiger partial charge on any atom is -0.480 e. The maximum Gasteiger partial charge on any atom is 0.326 e. The maximum atomic E-state index is 11.8. The van der Waals surface area contributed by atoms with E-state index in [4.69, 9.17) is 5.11 Å². The zero-order valence-electron chi connectivity index (χ0n) is 18.3. The molecule has 0 aromatic rings. The summed E-state index contributed by atoms with van der Waals surface area (Å²) in [7, 11) is 0. The predicted octanol–water partition coefficient (Wildman–Crippen LogP) is 6.13. The summed E-state index contributed by atoms with van der Waals surface area (Å²) in [6.07, 6.45) is 28.4. The van der Waals surface area contributed by atoms with Crippen molar-refractivity contribution in [2.45, 2.75) is 78.2 Å². The molecule has 0 rings (SSSR count). The number of aliphatic carboxylic acids is 1. The van der Waals surface area contributed by atoms with Gasteiger partial charge in [-0.3, -0.25) is 4.79 Å². The fourth-order valence-electron chi connectivity index (χ4n) is 2.51. The molecule has 29 heavy (non-hydrogen) atoms. The predicted molar refractivity (Wildman–Crippen MR) is 123 cm³/mol. The fourth-order valence-corrected chi connectivity index (χ4v) is 2.51. The number of hydrogen-bond donors (Lipinski definition) is 2. The average molecular weight is 402 g/mol. The van der Waals surface area contributed by atoms with Crippen molar-refractivity contribution in [1.82, 2.24) is 5.32 Å². The summed E-state index contributed by atoms with van der Waals surface area (Å²) in [4.78, 5) is 22.9. The van der Waals surface area contributed by atoms with Crippen LogP contribution < -0.4 is 5.32 Å². The van der Waals surface area contributed by atoms with Gasteiger partial charge in [0.15, 0.2) is 0 Å². The Labute approximate surface area is 177 Å². The average Bonchev–Trinajstić information content (AvgIpc) is 2.68. The lowest BCUT2D eigenvalue weighted by atomic mass is 10.0. The Morgan fingerprint density at radius 1 is 0.793 bits per heavy atom. The second kappa shape index (κ2) is 19.0. The van der Waals surface area contributed by atoms with E-state index >= 15 is 0 Å². The van der Waals surface area contributed by atoms with Gasteiger partial charge in [0.05, 0.1) is 0 Å². The Morgan fingerprint density at radius 3 is 1.66 bits per heavy atom. The molecule has 0 saturated carbocycles. The highest BCUT2D eigenvalue weighted by molar-refractivity contribution is 5.83. The lowest BCUT2D eigenvalue weighted by molar-refractivity contribution is -0.143. The Bertz CT molecular complexity index is 583. The van der Waals surface area contributed by atoms with Crippen molar-refractivity contribution in [2.24, 2.45) is 5.92 Å². The van der Waals surface area contributed by atoms with E-state index in [2.05, 4.69) is 73.0 Å². The van der Waals surface area contributed by atoms with E-state index in [1.54, 1.807) is 13.8 Å². The Balaban J connectivity index is 3.73. The van der Waals surface area contributed by atoms with Crippen LogP contribution in [0, 0.1) is 5.92 Å². The summed E-state index contributed by atoms with van der Waals surface area (Å²) in [6.45, 7) is 5.71. The molecule has 162 valence electrons. The number of hydrogen-bond acceptors (Lipinski definition) is 2. The molecule has 0 bridgehead atoms. The first-order chi connectivity index (χ1) is 14.0. The van der Waals surface area contributed by atoms with Crippen LogP contribution in [-0.2, 0) is 9.59 Å². The molecule has 0 heterocycles. The van der Waals surface area contributed by atoms with Gasteiger partial charge in [0.1, 0.15) is 6.04 Å². The molecule has 4 heteroatoms. The molecule has 1 atom stereocenters. The van der Waals surface area contributed by atoms with Crippen LogP contribution in [0.1, 0.15) is 72.1 Å². The first-order valence-corrected chi connectivity index (χ1v) is 10.8. The number of unbranched alkanes of at least 4 members (excludes halogenated alkanes) is 1. The van der Waals surface area contributed by atoms with Gasteiger partial charge >= 0.3 is 5.97 Å². The largest absolute Gasteiger partial charge is 0.480 e. The highest BCUT2D eigenvalue weighted by Crippen LogP contribution is 2.04. The molecule has 0 aromatic heterocycles. The summed E-state index contributed by atoms with van der Waals surface area (Å²) in [5, 5.41) is 11.7. The van der Waals surface area contributed by atoms with Gasteiger partial charge in [-0.05, 0) is 50.9 Å². The highest BCUT2D eigenvalue weighted by Gasteiger charge is 2.22. The van der Waals surface area contributed by atoms with Gasteiger partial charge in [-0.25, -0.2) is 4.79 Å². The number of carbonyl (C=O) groups is 2. The lowest BCUT2D eigenvalue weighted by Crippen LogP contribution is -2.44. The third kappa shape index (κ3) is 17.5. The normalized spacial score (nSPS) is 13.7. The van der Waals surface area contributed by atoms with Gasteiger partial charge in [-0.2, -0.15) is 0 Å². The Kier molecular flexibility index (Phi) is 17.4. The Hall–Kier alpha value is -2.36. The summed E-state index contributed by atoms with van der Waals surface area (Å²) < 4.78 is 0. The van der Waals surface area contributed by atoms with Gasteiger partial charge in [-0.15, -0.1) is 0 Å². The first-order valence-electron chi connectivity index (χ1n) is 10.8. The zero-order valence-corrected chi connectivity index (χ0v) is 18.3. The van der Waals surface area contributed by atoms with Gasteiger partial charge in [0.2, 0.25) is 5.91 Å². The van der Waals surface area contributed by atoms with E-state index in [0.29, 0.717) is 6.42 Å². The number of nitrogens with one attached hydrogen (secondary N) is 1. The summed E-state index contributed by atoms with van der Waals surface area (Å²) >= 11 is 0. The van der Waals surface area contributed by atoms with E-state index in [1.165, 1.54) is 0 Å². The van der Waals surface area contributed by atoms with Crippen LogP contribution in [0.3, 0.4) is 0 Å². The standard InChI is InChI=1S/C25H39NO3/c1-4-5-6-7-8-9-10-11-12-13-14-15-16-17-18-19-20-21-23(27)26-24(22(2)3)25(28)29/h5-6,8-9,11-12,14-15,17-18,22,24H,4,7,10,13,16,19-21H2,1-3H3,(H,26,27)(H,28,29). The van der Waals surface area contributed by atoms with Crippen LogP contribution in [0.4, 0.5) is 0 Å². The minimum atomic E-state index is -0.980. The second-order valence-corrected chi connectivity index (χ2v) is 7.23. The van der Waals surface area contributed by atoms with Gasteiger partial charge in [0, 0.05) is 6.42 Å². The van der Waals surface area contributed by atoms with Crippen LogP contribution in [-0.4, -0.2) is 23.0 Å². The van der Waals surface area contributed by atoms with Gasteiger partial charge in [0.25, 0.3) is 0 Å². The van der Waals surface area contributed by atoms with Crippen molar-refractivity contribution in [3.63, 3.8) is 0 Å². The van der Waals surface area contributed by atoms with Crippen molar-refractivity contribution >= 4 is 11.9 Å². The van der Waals surface area contributed by atoms with Crippen molar-refractivity contribution < 1.29 is 14.7 Å². The molecular weight excluding hydrogens is 362 g/mol. The van der Waals surface area contributed by atoms with Crippen LogP contribution in [0.2, 0.25) is 0 Å². The lowest BCUT2D eigenvalue weighted by Gasteiger charge is -2.17. The topological polar surface area (TPSA) is 66.4 Å². The number of allylic oxidation sites excluding steroid dienone is 10. The van der Waals surface area contributed by atoms with E-state index in [9.17, 15) is 9.59 Å². The van der Waals surface area contributed by atoms with E-state index in [-0.39, 0.29) is 11.8 Å². The summed E-state index contributed by atoms with van der Waals surface area (Å²) in [5.74, 6) is -1.30. The highest BCUT2D eigenvalue weighted by atomic mass is 16.4. The molecule has 0 fully saturated rings. The number of amides is 1. The molecule has 0 saturated heterocycles. The van der Waals surface area contributed by atoms with Crippen LogP contribution >= 0.6 is 0 Å². The van der Waals surface area contributed by atoms with Gasteiger partial charge in [-0.1, -0.05) is 81.5 Å². The van der Waals surface area contributed by atoms with E-state index in [0.717, 1.165) is 44.9 Å². The summed E-state index contributed by atoms with van der Waals surface area (Å²) in [5.41, 5.74) is 0. The molecule has 4 nitrogen and oxygen atoms in total. The molecule has 0 radical (unpaired) electrons. The fraction of sp³-hybridized carbons (Fsp3) is 0.520. The molecule has 0 aromatic carbocycles. The van der Waals surface area contributed by atoms with Crippen molar-refractivity contribution in [1.29, 1.82) is 0 Å². The number of rotatable bonds is 16. The maximum absolute atomic E-state index is 11.8. The number of carboxylic acid groups (broad SMARTS) is 1. The molecule has 2 N–H and O–H groups in total. The Morgan fingerprint density at radius 2 is 1.24 bits per heavy atom. The SMILES string of the molecule is CCC=CCC=CCC=CCC=CCC=CCCCC(=O)NC(C(=O)O)C(C)C.